The van der Waals surface area contributed by atoms with Crippen molar-refractivity contribution in [3.63, 3.8) is 0 Å². The van der Waals surface area contributed by atoms with Crippen LogP contribution in [-0.2, 0) is 27.0 Å². The van der Waals surface area contributed by atoms with Gasteiger partial charge in [0.15, 0.2) is 0 Å². The summed E-state index contributed by atoms with van der Waals surface area (Å²) in [6.07, 6.45) is 5.04. The van der Waals surface area contributed by atoms with Crippen molar-refractivity contribution in [2.45, 2.75) is 49.2 Å². The van der Waals surface area contributed by atoms with E-state index in [1.54, 1.807) is 0 Å². The van der Waals surface area contributed by atoms with E-state index in [1.165, 1.54) is 27.7 Å². The summed E-state index contributed by atoms with van der Waals surface area (Å²) in [6.45, 7) is 0.966. The van der Waals surface area contributed by atoms with Crippen molar-refractivity contribution < 1.29 is 9.53 Å². The topological polar surface area (TPSA) is 57.4 Å². The van der Waals surface area contributed by atoms with Crippen molar-refractivity contribution in [2.24, 2.45) is 0 Å². The van der Waals surface area contributed by atoms with Crippen LogP contribution in [0.1, 0.15) is 42.5 Å². The van der Waals surface area contributed by atoms with Gasteiger partial charge in [-0.05, 0) is 63.4 Å². The number of hydrogen-bond donors (Lipinski definition) is 2. The molecule has 1 aliphatic carbocycles. The maximum absolute atomic E-state index is 10.9. The first kappa shape index (κ1) is 20.3. The molecular formula is C26H31N3O2. The predicted molar refractivity (Wildman–Crippen MR) is 123 cm³/mol. The highest BCUT2D eigenvalue weighted by atomic mass is 16.5. The Hall–Kier alpha value is -2.63. The molecule has 1 aliphatic heterocycles. The van der Waals surface area contributed by atoms with Crippen LogP contribution in [0.4, 0.5) is 0 Å². The predicted octanol–water partition coefficient (Wildman–Crippen LogP) is 4.08. The smallest absolute Gasteiger partial charge is 0.293 e. The molecule has 5 heteroatoms. The second-order valence-corrected chi connectivity index (χ2v) is 9.37. The Balaban J connectivity index is 1.54. The van der Waals surface area contributed by atoms with Crippen LogP contribution in [0.5, 0.6) is 0 Å². The molecule has 1 saturated carbocycles. The third-order valence-electron chi connectivity index (χ3n) is 7.69. The molecule has 2 aromatic carbocycles. The summed E-state index contributed by atoms with van der Waals surface area (Å²) in [4.78, 5) is 17.0. The average molecular weight is 418 g/mol. The Bertz CT molecular complexity index is 1060. The summed E-state index contributed by atoms with van der Waals surface area (Å²) < 4.78 is 5.20. The quantitative estimate of drug-likeness (QED) is 0.614. The number of carbonyl (C=O) groups excluding carboxylic acids is 1. The Morgan fingerprint density at radius 2 is 1.74 bits per heavy atom. The number of nitrogens with zero attached hydrogens (tertiary/aromatic N) is 1. The van der Waals surface area contributed by atoms with Gasteiger partial charge in [0.25, 0.3) is 6.47 Å². The van der Waals surface area contributed by atoms with Crippen molar-refractivity contribution >= 4 is 17.4 Å². The lowest BCUT2D eigenvalue weighted by Crippen LogP contribution is -2.59. The van der Waals surface area contributed by atoms with Gasteiger partial charge in [-0.1, -0.05) is 48.5 Å². The number of H-pyrrole nitrogens is 1. The fourth-order valence-electron chi connectivity index (χ4n) is 6.06. The number of ether oxygens (including phenoxy) is 1. The molecule has 2 N–H and O–H groups in total. The Kier molecular flexibility index (Phi) is 5.11. The van der Waals surface area contributed by atoms with E-state index in [1.807, 2.05) is 0 Å². The van der Waals surface area contributed by atoms with Crippen LogP contribution in [0, 0.1) is 0 Å². The van der Waals surface area contributed by atoms with Gasteiger partial charge < -0.3 is 9.72 Å². The lowest BCUT2D eigenvalue weighted by Gasteiger charge is -2.52. The number of hydrogen-bond acceptors (Lipinski definition) is 4. The van der Waals surface area contributed by atoms with Crippen molar-refractivity contribution in [3.8, 4) is 0 Å². The fraction of sp³-hybridized carbons (Fsp3) is 0.423. The molecule has 0 radical (unpaired) electrons. The van der Waals surface area contributed by atoms with Gasteiger partial charge in [-0.15, -0.1) is 0 Å². The standard InChI is InChI=1S/C26H31N3O2/c1-29(2)26(19-8-4-3-5-9-19)14-12-25(13-15-26)24-22(16-20(28-25)17-31-18-30)21-10-6-7-11-23(21)27-24/h3-11,18,20,27-28H,12-17H2,1-2H3. The Morgan fingerprint density at radius 3 is 2.45 bits per heavy atom. The second-order valence-electron chi connectivity index (χ2n) is 9.37. The summed E-state index contributed by atoms with van der Waals surface area (Å²) in [5, 5.41) is 5.21. The number of benzene rings is 2. The number of aromatic nitrogens is 1. The molecular weight excluding hydrogens is 386 g/mol. The minimum Gasteiger partial charge on any atom is -0.466 e. The highest BCUT2D eigenvalue weighted by molar-refractivity contribution is 5.85. The van der Waals surface area contributed by atoms with E-state index >= 15 is 0 Å². The van der Waals surface area contributed by atoms with E-state index in [0.717, 1.165) is 32.1 Å². The first-order chi connectivity index (χ1) is 15.1. The molecule has 31 heavy (non-hydrogen) atoms. The minimum absolute atomic E-state index is 0.0343. The van der Waals surface area contributed by atoms with E-state index in [4.69, 9.17) is 4.74 Å². The summed E-state index contributed by atoms with van der Waals surface area (Å²) >= 11 is 0. The van der Waals surface area contributed by atoms with Crippen molar-refractivity contribution in [2.75, 3.05) is 20.7 Å². The molecule has 2 aliphatic rings. The van der Waals surface area contributed by atoms with Gasteiger partial charge in [-0.25, -0.2) is 0 Å². The van der Waals surface area contributed by atoms with Gasteiger partial charge in [0.1, 0.15) is 6.61 Å². The molecule has 2 heterocycles. The monoisotopic (exact) mass is 417 g/mol. The van der Waals surface area contributed by atoms with Gasteiger partial charge in [0.2, 0.25) is 0 Å². The van der Waals surface area contributed by atoms with Crippen LogP contribution in [0.2, 0.25) is 0 Å². The number of para-hydroxylation sites is 1. The molecule has 1 aromatic heterocycles. The molecule has 1 spiro atoms. The SMILES string of the molecule is CN(C)C1(c2ccccc2)CCC2(CC1)NC(COC=O)Cc1c2[nH]c2ccccc12. The number of fused-ring (bicyclic) bond motifs is 4. The zero-order valence-corrected chi connectivity index (χ0v) is 18.4. The molecule has 0 amide bonds. The van der Waals surface area contributed by atoms with Crippen LogP contribution in [0.25, 0.3) is 10.9 Å². The summed E-state index contributed by atoms with van der Waals surface area (Å²) in [6, 6.07) is 19.6. The van der Waals surface area contributed by atoms with Gasteiger partial charge in [0.05, 0.1) is 5.54 Å². The molecule has 0 saturated heterocycles. The number of nitrogens with one attached hydrogen (secondary N) is 2. The zero-order valence-electron chi connectivity index (χ0n) is 18.4. The molecule has 3 aromatic rings. The molecule has 1 fully saturated rings. The average Bonchev–Trinajstić information content (AvgIpc) is 3.18. The van der Waals surface area contributed by atoms with E-state index in [-0.39, 0.29) is 17.1 Å². The van der Waals surface area contributed by atoms with E-state index in [9.17, 15) is 4.79 Å². The van der Waals surface area contributed by atoms with Crippen molar-refractivity contribution in [3.05, 3.63) is 71.4 Å². The number of carbonyl (C=O) groups is 1. The molecule has 1 unspecified atom stereocenters. The van der Waals surface area contributed by atoms with E-state index in [2.05, 4.69) is 83.9 Å². The maximum Gasteiger partial charge on any atom is 0.293 e. The Morgan fingerprint density at radius 1 is 1.03 bits per heavy atom. The van der Waals surface area contributed by atoms with Gasteiger partial charge in [-0.2, -0.15) is 0 Å². The van der Waals surface area contributed by atoms with Crippen LogP contribution in [-0.4, -0.2) is 43.1 Å². The maximum atomic E-state index is 10.9. The van der Waals surface area contributed by atoms with Gasteiger partial charge in [0, 0.05) is 28.2 Å². The molecule has 0 bridgehead atoms. The van der Waals surface area contributed by atoms with Crippen LogP contribution in [0.15, 0.2) is 54.6 Å². The summed E-state index contributed by atoms with van der Waals surface area (Å²) in [5.41, 5.74) is 5.20. The third kappa shape index (κ3) is 3.27. The second kappa shape index (κ2) is 7.81. The minimum atomic E-state index is -0.127. The number of aromatic amines is 1. The highest BCUT2D eigenvalue weighted by Gasteiger charge is 2.49. The highest BCUT2D eigenvalue weighted by Crippen LogP contribution is 2.50. The molecule has 162 valence electrons. The lowest BCUT2D eigenvalue weighted by molar-refractivity contribution is -0.129. The van der Waals surface area contributed by atoms with Crippen LogP contribution < -0.4 is 5.32 Å². The van der Waals surface area contributed by atoms with E-state index in [0.29, 0.717) is 13.1 Å². The van der Waals surface area contributed by atoms with Crippen LogP contribution in [0.3, 0.4) is 0 Å². The van der Waals surface area contributed by atoms with Gasteiger partial charge in [-0.3, -0.25) is 15.0 Å². The summed E-state index contributed by atoms with van der Waals surface area (Å²) in [5.74, 6) is 0. The summed E-state index contributed by atoms with van der Waals surface area (Å²) in [7, 11) is 4.41. The van der Waals surface area contributed by atoms with E-state index < -0.39 is 0 Å². The lowest BCUT2D eigenvalue weighted by atomic mass is 9.65. The zero-order chi connectivity index (χ0) is 21.5. The third-order valence-corrected chi connectivity index (χ3v) is 7.69. The molecule has 1 atom stereocenters. The first-order valence-electron chi connectivity index (χ1n) is 11.2. The number of rotatable bonds is 5. The van der Waals surface area contributed by atoms with Crippen molar-refractivity contribution in [1.29, 1.82) is 0 Å². The first-order valence-corrected chi connectivity index (χ1v) is 11.2. The molecule has 5 nitrogen and oxygen atoms in total. The molecule has 5 rings (SSSR count). The van der Waals surface area contributed by atoms with Crippen LogP contribution >= 0.6 is 0 Å². The van der Waals surface area contributed by atoms with Crippen molar-refractivity contribution in [1.82, 2.24) is 15.2 Å². The Labute approximate surface area is 183 Å². The normalized spacial score (nSPS) is 28.0. The fourth-order valence-corrected chi connectivity index (χ4v) is 6.06. The largest absolute Gasteiger partial charge is 0.466 e. The van der Waals surface area contributed by atoms with Gasteiger partial charge >= 0.3 is 0 Å².